The number of aliphatic hydroxyl groups is 1. The molecule has 0 aliphatic heterocycles. The molecule has 1 aromatic carbocycles. The fraction of sp³-hybridized carbons (Fsp3) is 0.375. The van der Waals surface area contributed by atoms with E-state index in [1.807, 2.05) is 24.3 Å². The van der Waals surface area contributed by atoms with Crippen molar-refractivity contribution < 1.29 is 19.4 Å². The highest BCUT2D eigenvalue weighted by Gasteiger charge is 2.04. The van der Waals surface area contributed by atoms with E-state index in [1.165, 1.54) is 12.2 Å². The number of nitrogens with one attached hydrogen (secondary N) is 2. The second-order valence-electron chi connectivity index (χ2n) is 4.82. The van der Waals surface area contributed by atoms with Crippen LogP contribution in [0.5, 0.6) is 5.75 Å². The highest BCUT2D eigenvalue weighted by Crippen LogP contribution is 2.10. The molecule has 6 heteroatoms. The van der Waals surface area contributed by atoms with E-state index in [9.17, 15) is 9.59 Å². The molecular weight excluding hydrogens is 284 g/mol. The molecule has 1 atom stereocenters. The lowest BCUT2D eigenvalue weighted by atomic mass is 10.2. The Labute approximate surface area is 130 Å². The van der Waals surface area contributed by atoms with E-state index in [-0.39, 0.29) is 24.5 Å². The minimum Gasteiger partial charge on any atom is -0.497 e. The molecule has 0 radical (unpaired) electrons. The van der Waals surface area contributed by atoms with Gasteiger partial charge in [-0.2, -0.15) is 0 Å². The molecule has 22 heavy (non-hydrogen) atoms. The molecule has 0 saturated heterocycles. The van der Waals surface area contributed by atoms with Crippen molar-refractivity contribution in [3.05, 3.63) is 42.0 Å². The monoisotopic (exact) mass is 306 g/mol. The van der Waals surface area contributed by atoms with E-state index in [4.69, 9.17) is 9.84 Å². The van der Waals surface area contributed by atoms with Gasteiger partial charge in [-0.3, -0.25) is 9.59 Å². The number of carbonyl (C=O) groups excluding carboxylic acids is 2. The molecule has 0 heterocycles. The first-order valence-corrected chi connectivity index (χ1v) is 7.05. The fourth-order valence-electron chi connectivity index (χ4n) is 1.70. The second-order valence-corrected chi connectivity index (χ2v) is 4.82. The zero-order valence-corrected chi connectivity index (χ0v) is 12.8. The molecule has 0 aliphatic carbocycles. The van der Waals surface area contributed by atoms with Crippen LogP contribution in [-0.2, 0) is 16.1 Å². The summed E-state index contributed by atoms with van der Waals surface area (Å²) in [6.07, 6.45) is 2.84. The van der Waals surface area contributed by atoms with Crippen molar-refractivity contribution in [1.82, 2.24) is 10.6 Å². The molecule has 0 saturated carbocycles. The maximum atomic E-state index is 11.6. The van der Waals surface area contributed by atoms with E-state index in [0.717, 1.165) is 11.3 Å². The van der Waals surface area contributed by atoms with Gasteiger partial charge in [0.2, 0.25) is 11.8 Å². The SMILES string of the molecule is COc1ccc(CNC(=O)/C=C/C(=O)NC(C)CCO)cc1. The van der Waals surface area contributed by atoms with E-state index in [1.54, 1.807) is 14.0 Å². The van der Waals surface area contributed by atoms with Crippen LogP contribution < -0.4 is 15.4 Å². The third-order valence-electron chi connectivity index (χ3n) is 2.96. The van der Waals surface area contributed by atoms with Crippen LogP contribution in [0.2, 0.25) is 0 Å². The molecule has 3 N–H and O–H groups in total. The molecule has 0 bridgehead atoms. The number of carbonyl (C=O) groups is 2. The Bertz CT molecular complexity index is 511. The fourth-order valence-corrected chi connectivity index (χ4v) is 1.70. The first-order chi connectivity index (χ1) is 10.5. The number of methoxy groups -OCH3 is 1. The van der Waals surface area contributed by atoms with E-state index < -0.39 is 0 Å². The molecule has 0 aromatic heterocycles. The lowest BCUT2D eigenvalue weighted by Crippen LogP contribution is -2.32. The lowest BCUT2D eigenvalue weighted by molar-refractivity contribution is -0.119. The highest BCUT2D eigenvalue weighted by molar-refractivity contribution is 5.96. The van der Waals surface area contributed by atoms with Gasteiger partial charge in [0.05, 0.1) is 7.11 Å². The van der Waals surface area contributed by atoms with Gasteiger partial charge in [-0.25, -0.2) is 0 Å². The van der Waals surface area contributed by atoms with Gasteiger partial charge in [-0.1, -0.05) is 12.1 Å². The summed E-state index contributed by atoms with van der Waals surface area (Å²) >= 11 is 0. The first kappa shape index (κ1) is 17.7. The molecule has 6 nitrogen and oxygen atoms in total. The quantitative estimate of drug-likeness (QED) is 0.619. The van der Waals surface area contributed by atoms with Gasteiger partial charge in [-0.05, 0) is 31.0 Å². The van der Waals surface area contributed by atoms with Crippen molar-refractivity contribution >= 4 is 11.8 Å². The third kappa shape index (κ3) is 6.90. The van der Waals surface area contributed by atoms with Crippen LogP contribution >= 0.6 is 0 Å². The Hall–Kier alpha value is -2.34. The largest absolute Gasteiger partial charge is 0.497 e. The molecule has 0 fully saturated rings. The summed E-state index contributed by atoms with van der Waals surface area (Å²) < 4.78 is 5.05. The van der Waals surface area contributed by atoms with Crippen LogP contribution in [0, 0.1) is 0 Å². The van der Waals surface area contributed by atoms with Crippen molar-refractivity contribution in [2.75, 3.05) is 13.7 Å². The van der Waals surface area contributed by atoms with Gasteiger partial charge in [0, 0.05) is 31.3 Å². The maximum Gasteiger partial charge on any atom is 0.244 e. The predicted octanol–water partition coefficient (Wildman–Crippen LogP) is 0.755. The van der Waals surface area contributed by atoms with Gasteiger partial charge in [-0.15, -0.1) is 0 Å². The first-order valence-electron chi connectivity index (χ1n) is 7.05. The van der Waals surface area contributed by atoms with Crippen LogP contribution in [0.15, 0.2) is 36.4 Å². The topological polar surface area (TPSA) is 87.7 Å². The van der Waals surface area contributed by atoms with Crippen LogP contribution in [-0.4, -0.2) is 36.7 Å². The predicted molar refractivity (Wildman–Crippen MR) is 83.3 cm³/mol. The van der Waals surface area contributed by atoms with Gasteiger partial charge < -0.3 is 20.5 Å². The minimum absolute atomic E-state index is 0.00745. The van der Waals surface area contributed by atoms with Crippen LogP contribution in [0.1, 0.15) is 18.9 Å². The summed E-state index contributed by atoms with van der Waals surface area (Å²) in [4.78, 5) is 23.1. The van der Waals surface area contributed by atoms with E-state index in [0.29, 0.717) is 13.0 Å². The molecule has 2 amide bonds. The van der Waals surface area contributed by atoms with Crippen molar-refractivity contribution in [2.24, 2.45) is 0 Å². The molecular formula is C16H22N2O4. The Balaban J connectivity index is 2.35. The second kappa shape index (κ2) is 9.57. The Morgan fingerprint density at radius 3 is 2.45 bits per heavy atom. The number of amides is 2. The molecule has 0 aliphatic rings. The van der Waals surface area contributed by atoms with Gasteiger partial charge in [0.1, 0.15) is 5.75 Å². The van der Waals surface area contributed by atoms with Crippen LogP contribution in [0.3, 0.4) is 0 Å². The summed E-state index contributed by atoms with van der Waals surface area (Å²) in [5.74, 6) is 0.0463. The molecule has 120 valence electrons. The Morgan fingerprint density at radius 1 is 1.23 bits per heavy atom. The maximum absolute atomic E-state index is 11.6. The standard InChI is InChI=1S/C16H22N2O4/c1-12(9-10-19)18-16(21)8-7-15(20)17-11-13-3-5-14(22-2)6-4-13/h3-8,12,19H,9-11H2,1-2H3,(H,17,20)(H,18,21)/b8-7+. The number of benzene rings is 1. The minimum atomic E-state index is -0.361. The number of aliphatic hydroxyl groups excluding tert-OH is 1. The average Bonchev–Trinajstić information content (AvgIpc) is 2.51. The summed E-state index contributed by atoms with van der Waals surface area (Å²) in [6, 6.07) is 7.20. The Kier molecular flexibility index (Phi) is 7.70. The third-order valence-corrected chi connectivity index (χ3v) is 2.96. The van der Waals surface area contributed by atoms with Crippen molar-refractivity contribution in [3.63, 3.8) is 0 Å². The lowest BCUT2D eigenvalue weighted by Gasteiger charge is -2.09. The number of hydrogen-bond donors (Lipinski definition) is 3. The number of ether oxygens (including phenoxy) is 1. The Morgan fingerprint density at radius 2 is 1.86 bits per heavy atom. The summed E-state index contributed by atoms with van der Waals surface area (Å²) in [5.41, 5.74) is 0.934. The average molecular weight is 306 g/mol. The summed E-state index contributed by atoms with van der Waals surface area (Å²) in [5, 5.41) is 14.1. The van der Waals surface area contributed by atoms with Crippen LogP contribution in [0.25, 0.3) is 0 Å². The van der Waals surface area contributed by atoms with E-state index >= 15 is 0 Å². The zero-order valence-electron chi connectivity index (χ0n) is 12.8. The normalized spacial score (nSPS) is 12.0. The zero-order chi connectivity index (χ0) is 16.4. The number of hydrogen-bond acceptors (Lipinski definition) is 4. The smallest absolute Gasteiger partial charge is 0.244 e. The summed E-state index contributed by atoms with van der Waals surface area (Å²) in [6.45, 7) is 2.16. The molecule has 0 spiro atoms. The van der Waals surface area contributed by atoms with Crippen molar-refractivity contribution in [1.29, 1.82) is 0 Å². The van der Waals surface area contributed by atoms with Crippen molar-refractivity contribution in [2.45, 2.75) is 25.9 Å². The number of rotatable bonds is 8. The molecule has 1 unspecified atom stereocenters. The van der Waals surface area contributed by atoms with E-state index in [2.05, 4.69) is 10.6 Å². The van der Waals surface area contributed by atoms with Gasteiger partial charge in [0.25, 0.3) is 0 Å². The summed E-state index contributed by atoms with van der Waals surface area (Å²) in [7, 11) is 1.59. The van der Waals surface area contributed by atoms with Gasteiger partial charge in [0.15, 0.2) is 0 Å². The molecule has 1 aromatic rings. The van der Waals surface area contributed by atoms with Crippen molar-refractivity contribution in [3.8, 4) is 5.75 Å². The highest BCUT2D eigenvalue weighted by atomic mass is 16.5. The van der Waals surface area contributed by atoms with Crippen LogP contribution in [0.4, 0.5) is 0 Å². The molecule has 1 rings (SSSR count). The van der Waals surface area contributed by atoms with Gasteiger partial charge >= 0.3 is 0 Å².